The second kappa shape index (κ2) is 4.66. The topological polar surface area (TPSA) is 62.5 Å². The van der Waals surface area contributed by atoms with E-state index in [9.17, 15) is 10.0 Å². The van der Waals surface area contributed by atoms with E-state index in [1.165, 1.54) is 25.4 Å². The molecule has 1 rings (SSSR count). The molecule has 0 N–H and O–H groups in total. The lowest BCUT2D eigenvalue weighted by Crippen LogP contribution is -2.27. The summed E-state index contributed by atoms with van der Waals surface area (Å²) in [6.07, 6.45) is 1.23. The minimum absolute atomic E-state index is 0.114. The van der Waals surface area contributed by atoms with Gasteiger partial charge in [0, 0.05) is 6.07 Å². The third-order valence-corrected chi connectivity index (χ3v) is 1.79. The van der Waals surface area contributed by atoms with E-state index in [4.69, 9.17) is 16.3 Å². The molecule has 1 aromatic rings. The summed E-state index contributed by atoms with van der Waals surface area (Å²) < 4.78 is 9.73. The van der Waals surface area contributed by atoms with Gasteiger partial charge < -0.3 is 14.7 Å². The lowest BCUT2D eigenvalue weighted by atomic mass is 10.4. The number of hydrogen-bond acceptors (Lipinski definition) is 4. The van der Waals surface area contributed by atoms with Crippen LogP contribution >= 0.6 is 11.6 Å². The van der Waals surface area contributed by atoms with E-state index in [1.807, 2.05) is 0 Å². The first kappa shape index (κ1) is 10.6. The standard InChI is InChI=1S/C8H8ClNO4/c1-13-7(11)5-14-6-3-2-4-10(12)8(6)9/h2-4H,5H2,1H3. The largest absolute Gasteiger partial charge is 0.618 e. The molecule has 76 valence electrons. The third-order valence-electron chi connectivity index (χ3n) is 1.44. The van der Waals surface area contributed by atoms with Crippen LogP contribution in [0, 0.1) is 5.21 Å². The quantitative estimate of drug-likeness (QED) is 0.321. The monoisotopic (exact) mass is 217 g/mol. The molecule has 14 heavy (non-hydrogen) atoms. The van der Waals surface area contributed by atoms with Crippen LogP contribution < -0.4 is 9.47 Å². The van der Waals surface area contributed by atoms with Crippen molar-refractivity contribution < 1.29 is 19.0 Å². The number of esters is 1. The Morgan fingerprint density at radius 1 is 1.71 bits per heavy atom. The highest BCUT2D eigenvalue weighted by molar-refractivity contribution is 6.29. The molecule has 0 aliphatic heterocycles. The zero-order valence-electron chi connectivity index (χ0n) is 7.40. The van der Waals surface area contributed by atoms with Gasteiger partial charge in [-0.1, -0.05) is 0 Å². The van der Waals surface area contributed by atoms with Crippen molar-refractivity contribution in [3.63, 3.8) is 0 Å². The van der Waals surface area contributed by atoms with Crippen molar-refractivity contribution in [2.24, 2.45) is 0 Å². The molecule has 1 heterocycles. The maximum absolute atomic E-state index is 10.9. The van der Waals surface area contributed by atoms with E-state index >= 15 is 0 Å². The summed E-state index contributed by atoms with van der Waals surface area (Å²) in [5.74, 6) is -0.392. The highest BCUT2D eigenvalue weighted by Crippen LogP contribution is 2.18. The summed E-state index contributed by atoms with van der Waals surface area (Å²) in [6.45, 7) is -0.278. The number of hydrogen-bond donors (Lipinski definition) is 0. The molecule has 5 nitrogen and oxygen atoms in total. The van der Waals surface area contributed by atoms with Crippen LogP contribution in [0.15, 0.2) is 18.3 Å². The second-order valence-corrected chi connectivity index (χ2v) is 2.71. The normalized spacial score (nSPS) is 9.57. The van der Waals surface area contributed by atoms with Gasteiger partial charge in [-0.05, 0) is 17.7 Å². The molecule has 0 amide bonds. The zero-order chi connectivity index (χ0) is 10.6. The summed E-state index contributed by atoms with van der Waals surface area (Å²) in [5, 5.41) is 10.8. The van der Waals surface area contributed by atoms with Gasteiger partial charge in [0.1, 0.15) is 0 Å². The summed E-state index contributed by atoms with van der Waals surface area (Å²) in [6, 6.07) is 2.95. The SMILES string of the molecule is COC(=O)COc1ccc[n+]([O-])c1Cl. The van der Waals surface area contributed by atoms with E-state index in [0.29, 0.717) is 4.73 Å². The minimum atomic E-state index is -0.539. The fraction of sp³-hybridized carbons (Fsp3) is 0.250. The number of carbonyl (C=O) groups excluding carboxylic acids is 1. The molecule has 0 unspecified atom stereocenters. The van der Waals surface area contributed by atoms with Crippen molar-refractivity contribution >= 4 is 17.6 Å². The van der Waals surface area contributed by atoms with Crippen LogP contribution in [0.1, 0.15) is 0 Å². The van der Waals surface area contributed by atoms with Crippen LogP contribution in [0.5, 0.6) is 5.75 Å². The van der Waals surface area contributed by atoms with Gasteiger partial charge in [-0.3, -0.25) is 0 Å². The van der Waals surface area contributed by atoms with Crippen LogP contribution in [-0.2, 0) is 9.53 Å². The van der Waals surface area contributed by atoms with Crippen LogP contribution in [-0.4, -0.2) is 19.7 Å². The molecule has 6 heteroatoms. The summed E-state index contributed by atoms with van der Waals surface area (Å²) in [4.78, 5) is 10.7. The van der Waals surface area contributed by atoms with Gasteiger partial charge in [0.25, 0.3) is 0 Å². The fourth-order valence-electron chi connectivity index (χ4n) is 0.755. The molecule has 0 aliphatic carbocycles. The molecule has 0 atom stereocenters. The highest BCUT2D eigenvalue weighted by Gasteiger charge is 2.11. The first-order valence-electron chi connectivity index (χ1n) is 3.72. The van der Waals surface area contributed by atoms with E-state index in [2.05, 4.69) is 4.74 Å². The van der Waals surface area contributed by atoms with Crippen molar-refractivity contribution in [1.29, 1.82) is 0 Å². The smallest absolute Gasteiger partial charge is 0.343 e. The highest BCUT2D eigenvalue weighted by atomic mass is 35.5. The Bertz CT molecular complexity index is 342. The Hall–Kier alpha value is -1.49. The lowest BCUT2D eigenvalue weighted by Gasteiger charge is -2.05. The Kier molecular flexibility index (Phi) is 3.53. The molecule has 0 radical (unpaired) electrons. The van der Waals surface area contributed by atoms with E-state index in [-0.39, 0.29) is 17.5 Å². The van der Waals surface area contributed by atoms with Crippen LogP contribution in [0.4, 0.5) is 0 Å². The van der Waals surface area contributed by atoms with Gasteiger partial charge in [-0.2, -0.15) is 4.73 Å². The molecule has 0 aromatic carbocycles. The number of carbonyl (C=O) groups is 1. The predicted octanol–water partition coefficient (Wildman–Crippen LogP) is 0.525. The van der Waals surface area contributed by atoms with Crippen LogP contribution in [0.2, 0.25) is 5.15 Å². The number of methoxy groups -OCH3 is 1. The summed E-state index contributed by atoms with van der Waals surface area (Å²) >= 11 is 5.59. The van der Waals surface area contributed by atoms with E-state index in [1.54, 1.807) is 0 Å². The number of pyridine rings is 1. The number of rotatable bonds is 3. The van der Waals surface area contributed by atoms with Crippen LogP contribution in [0.3, 0.4) is 0 Å². The lowest BCUT2D eigenvalue weighted by molar-refractivity contribution is -0.603. The summed E-state index contributed by atoms with van der Waals surface area (Å²) in [5.41, 5.74) is 0. The molecule has 0 bridgehead atoms. The van der Waals surface area contributed by atoms with Crippen molar-refractivity contribution in [3.8, 4) is 5.75 Å². The molecule has 1 aromatic heterocycles. The maximum Gasteiger partial charge on any atom is 0.343 e. The molecule has 0 saturated carbocycles. The zero-order valence-corrected chi connectivity index (χ0v) is 8.15. The molecule has 0 aliphatic rings. The van der Waals surface area contributed by atoms with Crippen molar-refractivity contribution in [2.45, 2.75) is 0 Å². The Labute approximate surface area is 85.4 Å². The number of aromatic nitrogens is 1. The number of halogens is 1. The first-order valence-corrected chi connectivity index (χ1v) is 4.10. The third kappa shape index (κ3) is 2.50. The van der Waals surface area contributed by atoms with Gasteiger partial charge in [-0.15, -0.1) is 0 Å². The van der Waals surface area contributed by atoms with E-state index < -0.39 is 5.97 Å². The van der Waals surface area contributed by atoms with Gasteiger partial charge in [0.15, 0.2) is 12.8 Å². The average molecular weight is 218 g/mol. The van der Waals surface area contributed by atoms with Gasteiger partial charge in [0.2, 0.25) is 5.75 Å². The molecule has 0 spiro atoms. The molecular formula is C8H8ClNO4. The minimum Gasteiger partial charge on any atom is -0.618 e. The van der Waals surface area contributed by atoms with Gasteiger partial charge in [0.05, 0.1) is 7.11 Å². The summed E-state index contributed by atoms with van der Waals surface area (Å²) in [7, 11) is 1.24. The van der Waals surface area contributed by atoms with Crippen molar-refractivity contribution in [3.05, 3.63) is 28.7 Å². The van der Waals surface area contributed by atoms with Gasteiger partial charge >= 0.3 is 11.1 Å². The Morgan fingerprint density at radius 3 is 3.07 bits per heavy atom. The van der Waals surface area contributed by atoms with Crippen LogP contribution in [0.25, 0.3) is 0 Å². The molecule has 0 saturated heterocycles. The number of ether oxygens (including phenoxy) is 2. The molecular weight excluding hydrogens is 210 g/mol. The Balaban J connectivity index is 2.68. The predicted molar refractivity (Wildman–Crippen MR) is 47.9 cm³/mol. The fourth-order valence-corrected chi connectivity index (χ4v) is 0.929. The second-order valence-electron chi connectivity index (χ2n) is 2.35. The van der Waals surface area contributed by atoms with Crippen molar-refractivity contribution in [1.82, 2.24) is 0 Å². The average Bonchev–Trinajstić information content (AvgIpc) is 2.20. The van der Waals surface area contributed by atoms with Crippen molar-refractivity contribution in [2.75, 3.05) is 13.7 Å². The first-order chi connectivity index (χ1) is 6.65. The van der Waals surface area contributed by atoms with Gasteiger partial charge in [-0.25, -0.2) is 4.79 Å². The maximum atomic E-state index is 10.9. The Morgan fingerprint density at radius 2 is 2.43 bits per heavy atom. The van der Waals surface area contributed by atoms with E-state index in [0.717, 1.165) is 0 Å². The molecule has 0 fully saturated rings. The number of nitrogens with zero attached hydrogens (tertiary/aromatic N) is 1.